The summed E-state index contributed by atoms with van der Waals surface area (Å²) in [6, 6.07) is 5.97. The first-order valence-corrected chi connectivity index (χ1v) is 12.1. The van der Waals surface area contributed by atoms with E-state index in [2.05, 4.69) is 17.6 Å². The first-order chi connectivity index (χ1) is 16.5. The zero-order valence-electron chi connectivity index (χ0n) is 20.0. The van der Waals surface area contributed by atoms with E-state index in [-0.39, 0.29) is 30.7 Å². The van der Waals surface area contributed by atoms with E-state index in [1.165, 1.54) is 26.4 Å². The highest BCUT2D eigenvalue weighted by atomic mass is 32.1. The Kier molecular flexibility index (Phi) is 12.3. The van der Waals surface area contributed by atoms with E-state index < -0.39 is 17.9 Å². The summed E-state index contributed by atoms with van der Waals surface area (Å²) < 4.78 is 15.6. The van der Waals surface area contributed by atoms with Crippen molar-refractivity contribution in [1.82, 2.24) is 15.5 Å². The van der Waals surface area contributed by atoms with Gasteiger partial charge in [-0.1, -0.05) is 32.6 Å². The van der Waals surface area contributed by atoms with Gasteiger partial charge in [-0.05, 0) is 42.9 Å². The topological polar surface area (TPSA) is 106 Å². The van der Waals surface area contributed by atoms with Crippen LogP contribution in [0, 0.1) is 0 Å². The van der Waals surface area contributed by atoms with Crippen LogP contribution < -0.4 is 15.4 Å². The van der Waals surface area contributed by atoms with Gasteiger partial charge >= 0.3 is 5.97 Å². The molecule has 1 aromatic rings. The van der Waals surface area contributed by atoms with Gasteiger partial charge in [-0.3, -0.25) is 19.7 Å². The Bertz CT molecular complexity index is 817. The second-order valence-electron chi connectivity index (χ2n) is 7.96. The lowest BCUT2D eigenvalue weighted by molar-refractivity contribution is -0.148. The fourth-order valence-corrected chi connectivity index (χ4v) is 3.77. The molecule has 1 aromatic carbocycles. The first-order valence-electron chi connectivity index (χ1n) is 11.7. The highest BCUT2D eigenvalue weighted by Crippen LogP contribution is 2.15. The quantitative estimate of drug-likeness (QED) is 0.245. The molecule has 10 heteroatoms. The minimum Gasteiger partial charge on any atom is -0.494 e. The Morgan fingerprint density at radius 2 is 1.85 bits per heavy atom. The molecule has 2 amide bonds. The van der Waals surface area contributed by atoms with E-state index in [1.54, 1.807) is 29.2 Å². The maximum absolute atomic E-state index is 12.7. The monoisotopic (exact) mass is 493 g/mol. The number of nitrogens with one attached hydrogen (secondary N) is 2. The second kappa shape index (κ2) is 15.2. The maximum Gasteiger partial charge on any atom is 0.308 e. The number of benzene rings is 1. The Morgan fingerprint density at radius 1 is 1.12 bits per heavy atom. The minimum atomic E-state index is -0.857. The molecule has 0 spiro atoms. The Morgan fingerprint density at radius 3 is 2.56 bits per heavy atom. The number of hydrogen-bond donors (Lipinski definition) is 2. The smallest absolute Gasteiger partial charge is 0.308 e. The molecule has 0 aliphatic carbocycles. The van der Waals surface area contributed by atoms with E-state index in [0.29, 0.717) is 31.0 Å². The number of methoxy groups -OCH3 is 1. The zero-order valence-corrected chi connectivity index (χ0v) is 20.8. The van der Waals surface area contributed by atoms with Crippen LogP contribution in [-0.4, -0.2) is 73.9 Å². The second-order valence-corrected chi connectivity index (χ2v) is 8.35. The molecule has 34 heavy (non-hydrogen) atoms. The van der Waals surface area contributed by atoms with Crippen LogP contribution in [0.5, 0.6) is 5.75 Å². The predicted molar refractivity (Wildman–Crippen MR) is 132 cm³/mol. The van der Waals surface area contributed by atoms with Crippen LogP contribution in [0.3, 0.4) is 0 Å². The molecule has 0 radical (unpaired) electrons. The summed E-state index contributed by atoms with van der Waals surface area (Å²) in [5.41, 5.74) is 0.412. The highest BCUT2D eigenvalue weighted by Gasteiger charge is 2.34. The molecule has 2 rings (SSSR count). The number of esters is 1. The number of ether oxygens (including phenoxy) is 3. The van der Waals surface area contributed by atoms with Gasteiger partial charge in [0.15, 0.2) is 5.11 Å². The van der Waals surface area contributed by atoms with E-state index in [4.69, 9.17) is 26.4 Å². The van der Waals surface area contributed by atoms with Crippen LogP contribution >= 0.6 is 12.2 Å². The van der Waals surface area contributed by atoms with Crippen molar-refractivity contribution in [2.75, 3.05) is 40.0 Å². The third-order valence-corrected chi connectivity index (χ3v) is 5.69. The molecule has 0 saturated carbocycles. The highest BCUT2D eigenvalue weighted by molar-refractivity contribution is 7.80. The molecule has 2 N–H and O–H groups in total. The SMILES string of the molecule is CCCCCCCOc1ccc(C(=O)NC(=S)N2CCNC(=O)C2CC(=O)OCCOC)cc1. The number of carbonyl (C=O) groups is 3. The van der Waals surface area contributed by atoms with E-state index in [0.717, 1.165) is 12.8 Å². The molecule has 1 fully saturated rings. The van der Waals surface area contributed by atoms with Gasteiger partial charge in [0.05, 0.1) is 19.6 Å². The first kappa shape index (κ1) is 27.5. The lowest BCUT2D eigenvalue weighted by atomic mass is 10.1. The predicted octanol–water partition coefficient (Wildman–Crippen LogP) is 2.43. The van der Waals surface area contributed by atoms with Crippen molar-refractivity contribution in [2.45, 2.75) is 51.5 Å². The van der Waals surface area contributed by atoms with Crippen LogP contribution in [0.25, 0.3) is 0 Å². The largest absolute Gasteiger partial charge is 0.494 e. The number of carbonyl (C=O) groups excluding carboxylic acids is 3. The number of rotatable bonds is 13. The molecule has 9 nitrogen and oxygen atoms in total. The summed E-state index contributed by atoms with van der Waals surface area (Å²) in [6.45, 7) is 3.92. The summed E-state index contributed by atoms with van der Waals surface area (Å²) in [4.78, 5) is 38.7. The molecule has 0 aromatic heterocycles. The van der Waals surface area contributed by atoms with Gasteiger partial charge in [0.2, 0.25) is 5.91 Å². The summed E-state index contributed by atoms with van der Waals surface area (Å²) in [7, 11) is 1.50. The third kappa shape index (κ3) is 9.26. The molecular weight excluding hydrogens is 458 g/mol. The number of piperazine rings is 1. The zero-order chi connectivity index (χ0) is 24.8. The van der Waals surface area contributed by atoms with Gasteiger partial charge in [0, 0.05) is 25.8 Å². The number of hydrogen-bond acceptors (Lipinski definition) is 7. The van der Waals surface area contributed by atoms with Crippen molar-refractivity contribution in [3.63, 3.8) is 0 Å². The number of thiocarbonyl (C=S) groups is 1. The molecule has 1 heterocycles. The summed E-state index contributed by atoms with van der Waals surface area (Å²) in [5, 5.41) is 5.46. The van der Waals surface area contributed by atoms with E-state index in [1.807, 2.05) is 0 Å². The van der Waals surface area contributed by atoms with Crippen molar-refractivity contribution in [1.29, 1.82) is 0 Å². The Hall–Kier alpha value is -2.72. The van der Waals surface area contributed by atoms with Crippen LogP contribution in [0.15, 0.2) is 24.3 Å². The van der Waals surface area contributed by atoms with Crippen molar-refractivity contribution >= 4 is 35.1 Å². The third-order valence-electron chi connectivity index (χ3n) is 5.36. The van der Waals surface area contributed by atoms with E-state index in [9.17, 15) is 14.4 Å². The van der Waals surface area contributed by atoms with Crippen molar-refractivity contribution in [3.05, 3.63) is 29.8 Å². The van der Waals surface area contributed by atoms with Crippen LogP contribution in [0.4, 0.5) is 0 Å². The fraction of sp³-hybridized carbons (Fsp3) is 0.583. The molecule has 1 aliphatic rings. The van der Waals surface area contributed by atoms with Crippen LogP contribution in [-0.2, 0) is 19.1 Å². The van der Waals surface area contributed by atoms with Gasteiger partial charge < -0.3 is 24.4 Å². The van der Waals surface area contributed by atoms with E-state index >= 15 is 0 Å². The average Bonchev–Trinajstić information content (AvgIpc) is 2.83. The maximum atomic E-state index is 12.7. The van der Waals surface area contributed by atoms with Gasteiger partial charge in [-0.25, -0.2) is 0 Å². The summed E-state index contributed by atoms with van der Waals surface area (Å²) in [5.74, 6) is -0.584. The molecule has 1 atom stereocenters. The Balaban J connectivity index is 1.87. The summed E-state index contributed by atoms with van der Waals surface area (Å²) >= 11 is 5.38. The average molecular weight is 494 g/mol. The van der Waals surface area contributed by atoms with Gasteiger partial charge in [0.25, 0.3) is 5.91 Å². The Labute approximate surface area is 206 Å². The molecule has 1 saturated heterocycles. The lowest BCUT2D eigenvalue weighted by Crippen LogP contribution is -2.60. The van der Waals surface area contributed by atoms with Gasteiger partial charge in [0.1, 0.15) is 18.4 Å². The van der Waals surface area contributed by atoms with Crippen molar-refractivity contribution in [2.24, 2.45) is 0 Å². The lowest BCUT2D eigenvalue weighted by Gasteiger charge is -2.36. The molecule has 1 aliphatic heterocycles. The fourth-order valence-electron chi connectivity index (χ4n) is 3.46. The van der Waals surface area contributed by atoms with Gasteiger partial charge in [-0.2, -0.15) is 0 Å². The standard InChI is InChI=1S/C24H35N3O6S/c1-3-4-5-6-7-14-32-19-10-8-18(9-11-19)22(29)26-24(34)27-13-12-25-23(30)20(27)17-21(28)33-16-15-31-2/h8-11,20H,3-7,12-17H2,1-2H3,(H,25,30)(H,26,29,34). The molecule has 188 valence electrons. The molecule has 0 bridgehead atoms. The minimum absolute atomic E-state index is 0.0851. The summed E-state index contributed by atoms with van der Waals surface area (Å²) in [6.07, 6.45) is 5.63. The van der Waals surface area contributed by atoms with Crippen molar-refractivity contribution in [3.8, 4) is 5.75 Å². The van der Waals surface area contributed by atoms with Crippen LogP contribution in [0.2, 0.25) is 0 Å². The number of nitrogens with zero attached hydrogens (tertiary/aromatic N) is 1. The molecular formula is C24H35N3O6S. The van der Waals surface area contributed by atoms with Crippen molar-refractivity contribution < 1.29 is 28.6 Å². The van der Waals surface area contributed by atoms with Crippen LogP contribution in [0.1, 0.15) is 55.8 Å². The number of unbranched alkanes of at least 4 members (excludes halogenated alkanes) is 4. The number of amides is 2. The van der Waals surface area contributed by atoms with Gasteiger partial charge in [-0.15, -0.1) is 0 Å². The molecule has 1 unspecified atom stereocenters. The normalized spacial score (nSPS) is 15.4.